The van der Waals surface area contributed by atoms with Crippen LogP contribution in [0.1, 0.15) is 13.8 Å². The maximum absolute atomic E-state index is 13.4. The summed E-state index contributed by atoms with van der Waals surface area (Å²) in [7, 11) is 1.54. The van der Waals surface area contributed by atoms with Crippen molar-refractivity contribution in [2.24, 2.45) is 0 Å². The quantitative estimate of drug-likeness (QED) is 0.712. The van der Waals surface area contributed by atoms with Crippen molar-refractivity contribution in [3.63, 3.8) is 0 Å². The summed E-state index contributed by atoms with van der Waals surface area (Å²) in [5.74, 6) is -1.69. The van der Waals surface area contributed by atoms with Gasteiger partial charge in [-0.05, 0) is 44.2 Å². The summed E-state index contributed by atoms with van der Waals surface area (Å²) in [5.41, 5.74) is -0.836. The molecule has 1 amide bonds. The number of ether oxygens (including phenoxy) is 1. The van der Waals surface area contributed by atoms with E-state index in [1.54, 1.807) is 30.3 Å². The molecule has 0 spiro atoms. The molecule has 0 saturated heterocycles. The Bertz CT molecular complexity index is 1110. The molecule has 1 aromatic heterocycles. The predicted molar refractivity (Wildman–Crippen MR) is 105 cm³/mol. The minimum absolute atomic E-state index is 0.0578. The number of methoxy groups -OCH3 is 1. The third-order valence-corrected chi connectivity index (χ3v) is 4.37. The molecule has 0 bridgehead atoms. The van der Waals surface area contributed by atoms with E-state index in [2.05, 4.69) is 10.4 Å². The first-order valence-corrected chi connectivity index (χ1v) is 8.73. The second kappa shape index (κ2) is 7.83. The van der Waals surface area contributed by atoms with E-state index in [-0.39, 0.29) is 5.69 Å². The lowest BCUT2D eigenvalue weighted by Gasteiger charge is -2.25. The molecule has 0 aliphatic rings. The van der Waals surface area contributed by atoms with Crippen LogP contribution in [0.2, 0.25) is 0 Å². The van der Waals surface area contributed by atoms with Crippen molar-refractivity contribution < 1.29 is 18.3 Å². The van der Waals surface area contributed by atoms with Gasteiger partial charge in [0.05, 0.1) is 12.8 Å². The molecule has 0 saturated carbocycles. The fourth-order valence-electron chi connectivity index (χ4n) is 2.75. The van der Waals surface area contributed by atoms with Crippen molar-refractivity contribution in [3.05, 3.63) is 76.6 Å². The highest BCUT2D eigenvalue weighted by Crippen LogP contribution is 2.23. The number of carbonyl (C=O) groups is 1. The maximum atomic E-state index is 13.4. The topological polar surface area (TPSA) is 73.2 Å². The molecule has 3 aromatic rings. The number of aromatic nitrogens is 2. The second-order valence-corrected chi connectivity index (χ2v) is 6.87. The van der Waals surface area contributed by atoms with Crippen LogP contribution in [0.25, 0.3) is 11.3 Å². The Morgan fingerprint density at radius 2 is 1.76 bits per heavy atom. The van der Waals surface area contributed by atoms with Gasteiger partial charge in [-0.1, -0.05) is 12.1 Å². The third-order valence-electron chi connectivity index (χ3n) is 4.37. The average Bonchev–Trinajstić information content (AvgIpc) is 2.67. The van der Waals surface area contributed by atoms with Crippen molar-refractivity contribution >= 4 is 11.6 Å². The van der Waals surface area contributed by atoms with Gasteiger partial charge < -0.3 is 10.1 Å². The summed E-state index contributed by atoms with van der Waals surface area (Å²) in [6.45, 7) is 2.98. The van der Waals surface area contributed by atoms with E-state index in [9.17, 15) is 18.4 Å². The van der Waals surface area contributed by atoms with Crippen LogP contribution in [0.3, 0.4) is 0 Å². The van der Waals surface area contributed by atoms with Crippen molar-refractivity contribution in [3.8, 4) is 17.0 Å². The summed E-state index contributed by atoms with van der Waals surface area (Å²) in [4.78, 5) is 25.2. The Kier molecular flexibility index (Phi) is 5.45. The number of benzene rings is 2. The molecule has 2 aromatic carbocycles. The largest absolute Gasteiger partial charge is 0.497 e. The van der Waals surface area contributed by atoms with Crippen LogP contribution < -0.4 is 15.6 Å². The van der Waals surface area contributed by atoms with Gasteiger partial charge in [0, 0.05) is 23.4 Å². The van der Waals surface area contributed by atoms with Gasteiger partial charge in [-0.2, -0.15) is 5.10 Å². The number of anilines is 1. The first-order valence-electron chi connectivity index (χ1n) is 8.73. The van der Waals surface area contributed by atoms with Gasteiger partial charge in [0.25, 0.3) is 11.5 Å². The van der Waals surface area contributed by atoms with Crippen molar-refractivity contribution in [2.75, 3.05) is 12.4 Å². The smallest absolute Gasteiger partial charge is 0.267 e. The lowest BCUT2D eigenvalue weighted by atomic mass is 10.0. The number of nitrogens with one attached hydrogen (secondary N) is 1. The lowest BCUT2D eigenvalue weighted by molar-refractivity contribution is -0.123. The number of amides is 1. The van der Waals surface area contributed by atoms with Gasteiger partial charge in [0.1, 0.15) is 22.9 Å². The Morgan fingerprint density at radius 3 is 2.41 bits per heavy atom. The maximum Gasteiger partial charge on any atom is 0.267 e. The van der Waals surface area contributed by atoms with E-state index in [0.717, 1.165) is 16.8 Å². The van der Waals surface area contributed by atoms with E-state index >= 15 is 0 Å². The predicted octanol–water partition coefficient (Wildman–Crippen LogP) is 3.57. The molecule has 6 nitrogen and oxygen atoms in total. The molecule has 0 fully saturated rings. The number of hydrogen-bond acceptors (Lipinski definition) is 4. The Labute approximate surface area is 165 Å². The van der Waals surface area contributed by atoms with Crippen LogP contribution in [-0.4, -0.2) is 22.8 Å². The van der Waals surface area contributed by atoms with Gasteiger partial charge >= 0.3 is 0 Å². The first-order chi connectivity index (χ1) is 13.7. The van der Waals surface area contributed by atoms with Crippen molar-refractivity contribution in [2.45, 2.75) is 19.4 Å². The zero-order chi connectivity index (χ0) is 21.2. The standard InChI is InChI=1S/C21H19F2N3O3/c1-21(2,20(28)24-16-11-14(22)10-15(23)12-16)26-19(27)8-7-18(25-26)13-5-4-6-17(9-13)29-3/h4-12H,1-3H3,(H,24,28). The highest BCUT2D eigenvalue weighted by molar-refractivity contribution is 5.96. The molecule has 150 valence electrons. The second-order valence-electron chi connectivity index (χ2n) is 6.87. The number of halogens is 2. The Morgan fingerprint density at radius 1 is 1.07 bits per heavy atom. The summed E-state index contributed by atoms with van der Waals surface area (Å²) in [6, 6.07) is 12.6. The van der Waals surface area contributed by atoms with Crippen LogP contribution >= 0.6 is 0 Å². The van der Waals surface area contributed by atoms with Crippen LogP contribution in [0, 0.1) is 11.6 Å². The molecule has 1 heterocycles. The van der Waals surface area contributed by atoms with E-state index < -0.39 is 28.6 Å². The minimum atomic E-state index is -1.44. The van der Waals surface area contributed by atoms with E-state index in [0.29, 0.717) is 23.1 Å². The Hall–Kier alpha value is -3.55. The van der Waals surface area contributed by atoms with Gasteiger partial charge in [0.15, 0.2) is 0 Å². The Balaban J connectivity index is 1.97. The summed E-state index contributed by atoms with van der Waals surface area (Å²) >= 11 is 0. The van der Waals surface area contributed by atoms with Crippen LogP contribution in [0.4, 0.5) is 14.5 Å². The highest BCUT2D eigenvalue weighted by atomic mass is 19.1. The molecule has 8 heteroatoms. The molecule has 3 rings (SSSR count). The zero-order valence-corrected chi connectivity index (χ0v) is 16.1. The van der Waals surface area contributed by atoms with E-state index in [1.165, 1.54) is 27.0 Å². The minimum Gasteiger partial charge on any atom is -0.497 e. The van der Waals surface area contributed by atoms with Gasteiger partial charge in [-0.25, -0.2) is 13.5 Å². The third kappa shape index (κ3) is 4.31. The first kappa shape index (κ1) is 20.2. The molecule has 0 atom stereocenters. The SMILES string of the molecule is COc1cccc(-c2ccc(=O)n(C(C)(C)C(=O)Nc3cc(F)cc(F)c3)n2)c1. The van der Waals surface area contributed by atoms with Crippen molar-refractivity contribution in [1.82, 2.24) is 9.78 Å². The fourth-order valence-corrected chi connectivity index (χ4v) is 2.75. The monoisotopic (exact) mass is 399 g/mol. The number of rotatable bonds is 5. The molecule has 0 radical (unpaired) electrons. The number of carbonyl (C=O) groups excluding carboxylic acids is 1. The lowest BCUT2D eigenvalue weighted by Crippen LogP contribution is -2.47. The van der Waals surface area contributed by atoms with Gasteiger partial charge in [-0.3, -0.25) is 9.59 Å². The fraction of sp³-hybridized carbons (Fsp3) is 0.190. The molecule has 1 N–H and O–H groups in total. The van der Waals surface area contributed by atoms with Crippen LogP contribution in [-0.2, 0) is 10.3 Å². The number of hydrogen-bond donors (Lipinski definition) is 1. The summed E-state index contributed by atoms with van der Waals surface area (Å²) in [6.07, 6.45) is 0. The highest BCUT2D eigenvalue weighted by Gasteiger charge is 2.32. The van der Waals surface area contributed by atoms with Crippen LogP contribution in [0.5, 0.6) is 5.75 Å². The van der Waals surface area contributed by atoms with Crippen LogP contribution in [0.15, 0.2) is 59.4 Å². The molecule has 0 unspecified atom stereocenters. The normalized spacial score (nSPS) is 11.2. The molecular formula is C21H19F2N3O3. The molecule has 29 heavy (non-hydrogen) atoms. The van der Waals surface area contributed by atoms with Gasteiger partial charge in [0.2, 0.25) is 0 Å². The zero-order valence-electron chi connectivity index (χ0n) is 16.1. The molecule has 0 aliphatic carbocycles. The number of nitrogens with zero attached hydrogens (tertiary/aromatic N) is 2. The molecular weight excluding hydrogens is 380 g/mol. The van der Waals surface area contributed by atoms with E-state index in [4.69, 9.17) is 4.74 Å². The summed E-state index contributed by atoms with van der Waals surface area (Å²) < 4.78 is 33.0. The summed E-state index contributed by atoms with van der Waals surface area (Å²) in [5, 5.41) is 6.76. The van der Waals surface area contributed by atoms with Gasteiger partial charge in [-0.15, -0.1) is 0 Å². The average molecular weight is 399 g/mol. The molecule has 0 aliphatic heterocycles. The van der Waals surface area contributed by atoms with Crippen molar-refractivity contribution in [1.29, 1.82) is 0 Å². The van der Waals surface area contributed by atoms with E-state index in [1.807, 2.05) is 0 Å².